The molecular formula is C13H18N4O. The molecule has 5 heteroatoms. The molecule has 2 rings (SSSR count). The van der Waals surface area contributed by atoms with Crippen LogP contribution in [0.5, 0.6) is 5.88 Å². The minimum absolute atomic E-state index is 0.0387. The van der Waals surface area contributed by atoms with E-state index in [1.165, 1.54) is 6.33 Å². The highest BCUT2D eigenvalue weighted by atomic mass is 16.5. The van der Waals surface area contributed by atoms with E-state index in [4.69, 9.17) is 4.74 Å². The van der Waals surface area contributed by atoms with Crippen LogP contribution in [-0.4, -0.2) is 28.6 Å². The van der Waals surface area contributed by atoms with E-state index in [0.29, 0.717) is 5.88 Å². The minimum atomic E-state index is 0.0387. The first-order valence-corrected chi connectivity index (χ1v) is 6.07. The molecule has 0 saturated carbocycles. The molecule has 0 aliphatic carbocycles. The van der Waals surface area contributed by atoms with Crippen molar-refractivity contribution >= 4 is 0 Å². The Bertz CT molecular complexity index is 470. The van der Waals surface area contributed by atoms with Crippen LogP contribution in [0.15, 0.2) is 30.7 Å². The summed E-state index contributed by atoms with van der Waals surface area (Å²) in [5, 5.41) is 3.46. The Labute approximate surface area is 107 Å². The lowest BCUT2D eigenvalue weighted by Crippen LogP contribution is -2.24. The molecule has 1 atom stereocenters. The number of aromatic amines is 1. The van der Waals surface area contributed by atoms with E-state index in [2.05, 4.69) is 27.2 Å². The second-order valence-electron chi connectivity index (χ2n) is 4.00. The van der Waals surface area contributed by atoms with E-state index in [-0.39, 0.29) is 6.04 Å². The van der Waals surface area contributed by atoms with E-state index in [9.17, 15) is 0 Å². The lowest BCUT2D eigenvalue weighted by molar-refractivity contribution is 0.394. The summed E-state index contributed by atoms with van der Waals surface area (Å²) in [7, 11) is 1.61. The number of aromatic nitrogens is 3. The third-order valence-corrected chi connectivity index (χ3v) is 2.70. The highest BCUT2D eigenvalue weighted by Gasteiger charge is 2.16. The Morgan fingerprint density at radius 2 is 2.33 bits per heavy atom. The number of rotatable bonds is 6. The summed E-state index contributed by atoms with van der Waals surface area (Å²) in [5.41, 5.74) is 1.99. The first kappa shape index (κ1) is 12.6. The molecule has 0 aromatic carbocycles. The molecule has 96 valence electrons. The fraction of sp³-hybridized carbons (Fsp3) is 0.385. The fourth-order valence-corrected chi connectivity index (χ4v) is 1.81. The Hall–Kier alpha value is -1.88. The second-order valence-corrected chi connectivity index (χ2v) is 4.00. The summed E-state index contributed by atoms with van der Waals surface area (Å²) in [6.07, 6.45) is 4.51. The van der Waals surface area contributed by atoms with Crippen LogP contribution in [0.25, 0.3) is 0 Å². The molecule has 5 nitrogen and oxygen atoms in total. The van der Waals surface area contributed by atoms with Crippen LogP contribution in [0, 0.1) is 0 Å². The molecule has 0 radical (unpaired) electrons. The molecule has 2 aromatic heterocycles. The van der Waals surface area contributed by atoms with Crippen molar-refractivity contribution in [1.29, 1.82) is 0 Å². The Balaban J connectivity index is 2.27. The van der Waals surface area contributed by atoms with Crippen LogP contribution in [-0.2, 0) is 0 Å². The summed E-state index contributed by atoms with van der Waals surface area (Å²) in [5.74, 6) is 0.579. The third-order valence-electron chi connectivity index (χ3n) is 2.70. The molecule has 0 amide bonds. The molecule has 0 aliphatic rings. The van der Waals surface area contributed by atoms with Crippen LogP contribution in [0.3, 0.4) is 0 Å². The van der Waals surface area contributed by atoms with Gasteiger partial charge in [-0.15, -0.1) is 0 Å². The zero-order chi connectivity index (χ0) is 12.8. The normalized spacial score (nSPS) is 12.3. The van der Waals surface area contributed by atoms with Gasteiger partial charge in [0.05, 0.1) is 18.8 Å². The first-order valence-electron chi connectivity index (χ1n) is 6.07. The molecule has 2 N–H and O–H groups in total. The van der Waals surface area contributed by atoms with E-state index in [0.717, 1.165) is 24.4 Å². The monoisotopic (exact) mass is 246 g/mol. The Morgan fingerprint density at radius 1 is 1.44 bits per heavy atom. The molecule has 0 aliphatic heterocycles. The van der Waals surface area contributed by atoms with Crippen LogP contribution >= 0.6 is 0 Å². The molecule has 0 saturated heterocycles. The zero-order valence-corrected chi connectivity index (χ0v) is 10.7. The average molecular weight is 246 g/mol. The summed E-state index contributed by atoms with van der Waals surface area (Å²) in [4.78, 5) is 11.6. The SMILES string of the molecule is CCCNC(c1cc(OC)ncn1)c1ccc[nH]1. The maximum Gasteiger partial charge on any atom is 0.216 e. The maximum atomic E-state index is 5.14. The standard InChI is InChI=1S/C13H18N4O/c1-3-6-15-13(10-5-4-7-14-10)11-8-12(18-2)17-9-16-11/h4-5,7-9,13-15H,3,6H2,1-2H3. The van der Waals surface area contributed by atoms with Crippen molar-refractivity contribution in [3.8, 4) is 5.88 Å². The van der Waals surface area contributed by atoms with Crippen LogP contribution in [0.2, 0.25) is 0 Å². The smallest absolute Gasteiger partial charge is 0.216 e. The number of hydrogen-bond donors (Lipinski definition) is 2. The van der Waals surface area contributed by atoms with Gasteiger partial charge in [-0.3, -0.25) is 0 Å². The zero-order valence-electron chi connectivity index (χ0n) is 10.7. The molecule has 0 spiro atoms. The van der Waals surface area contributed by atoms with Crippen molar-refractivity contribution < 1.29 is 4.74 Å². The van der Waals surface area contributed by atoms with E-state index < -0.39 is 0 Å². The van der Waals surface area contributed by atoms with Crippen LogP contribution in [0.4, 0.5) is 0 Å². The summed E-state index contributed by atoms with van der Waals surface area (Å²) in [6, 6.07) is 5.92. The number of H-pyrrole nitrogens is 1. The van der Waals surface area contributed by atoms with E-state index in [1.54, 1.807) is 7.11 Å². The fourth-order valence-electron chi connectivity index (χ4n) is 1.81. The number of nitrogens with zero attached hydrogens (tertiary/aromatic N) is 2. The van der Waals surface area contributed by atoms with Gasteiger partial charge in [-0.25, -0.2) is 9.97 Å². The van der Waals surface area contributed by atoms with E-state index in [1.807, 2.05) is 24.4 Å². The van der Waals surface area contributed by atoms with Gasteiger partial charge in [-0.05, 0) is 25.1 Å². The lowest BCUT2D eigenvalue weighted by Gasteiger charge is -2.17. The van der Waals surface area contributed by atoms with Gasteiger partial charge in [0.25, 0.3) is 0 Å². The third kappa shape index (κ3) is 2.87. The molecule has 0 bridgehead atoms. The van der Waals surface area contributed by atoms with Gasteiger partial charge >= 0.3 is 0 Å². The number of nitrogens with one attached hydrogen (secondary N) is 2. The van der Waals surface area contributed by atoms with Gasteiger partial charge in [0, 0.05) is 18.0 Å². The molecule has 18 heavy (non-hydrogen) atoms. The molecular weight excluding hydrogens is 228 g/mol. The van der Waals surface area contributed by atoms with Gasteiger partial charge in [0.2, 0.25) is 5.88 Å². The van der Waals surface area contributed by atoms with Gasteiger partial charge in [0.1, 0.15) is 6.33 Å². The van der Waals surface area contributed by atoms with Gasteiger partial charge in [0.15, 0.2) is 0 Å². The number of methoxy groups -OCH3 is 1. The summed E-state index contributed by atoms with van der Waals surface area (Å²) < 4.78 is 5.14. The predicted octanol–water partition coefficient (Wildman–Crippen LogP) is 1.90. The van der Waals surface area contributed by atoms with Crippen molar-refractivity contribution in [2.24, 2.45) is 0 Å². The van der Waals surface area contributed by atoms with E-state index >= 15 is 0 Å². The molecule has 0 fully saturated rings. The van der Waals surface area contributed by atoms with Crippen molar-refractivity contribution in [3.05, 3.63) is 42.1 Å². The molecule has 1 unspecified atom stereocenters. The van der Waals surface area contributed by atoms with Crippen molar-refractivity contribution in [1.82, 2.24) is 20.3 Å². The topological polar surface area (TPSA) is 62.8 Å². The molecule has 2 aromatic rings. The lowest BCUT2D eigenvalue weighted by atomic mass is 10.1. The van der Waals surface area contributed by atoms with Crippen LogP contribution < -0.4 is 10.1 Å². The first-order chi connectivity index (χ1) is 8.85. The van der Waals surface area contributed by atoms with Gasteiger partial charge < -0.3 is 15.0 Å². The van der Waals surface area contributed by atoms with Gasteiger partial charge in [-0.1, -0.05) is 6.92 Å². The molecule has 2 heterocycles. The second kappa shape index (κ2) is 6.16. The Kier molecular flexibility index (Phi) is 4.30. The van der Waals surface area contributed by atoms with Crippen molar-refractivity contribution in [2.75, 3.05) is 13.7 Å². The Morgan fingerprint density at radius 3 is 3.00 bits per heavy atom. The maximum absolute atomic E-state index is 5.14. The minimum Gasteiger partial charge on any atom is -0.481 e. The quantitative estimate of drug-likeness (QED) is 0.817. The predicted molar refractivity (Wildman–Crippen MR) is 69.5 cm³/mol. The summed E-state index contributed by atoms with van der Waals surface area (Å²) >= 11 is 0. The largest absolute Gasteiger partial charge is 0.481 e. The van der Waals surface area contributed by atoms with Crippen molar-refractivity contribution in [2.45, 2.75) is 19.4 Å². The van der Waals surface area contributed by atoms with Crippen molar-refractivity contribution in [3.63, 3.8) is 0 Å². The van der Waals surface area contributed by atoms with Crippen LogP contribution in [0.1, 0.15) is 30.8 Å². The van der Waals surface area contributed by atoms with Gasteiger partial charge in [-0.2, -0.15) is 0 Å². The number of ether oxygens (including phenoxy) is 1. The highest BCUT2D eigenvalue weighted by Crippen LogP contribution is 2.20. The average Bonchev–Trinajstić information content (AvgIpc) is 2.93. The highest BCUT2D eigenvalue weighted by molar-refractivity contribution is 5.25. The number of hydrogen-bond acceptors (Lipinski definition) is 4. The summed E-state index contributed by atoms with van der Waals surface area (Å²) in [6.45, 7) is 3.06.